The molecule has 0 amide bonds. The Hall–Kier alpha value is -6.88. The first-order chi connectivity index (χ1) is 23.8. The molecule has 9 rings (SSSR count). The Kier molecular flexibility index (Phi) is 6.22. The molecular formula is C44H26N4. The minimum absolute atomic E-state index is 0.473. The zero-order chi connectivity index (χ0) is 32.2. The van der Waals surface area contributed by atoms with Gasteiger partial charge in [-0.1, -0.05) is 91.0 Å². The van der Waals surface area contributed by atoms with Crippen LogP contribution < -0.4 is 0 Å². The van der Waals surface area contributed by atoms with Gasteiger partial charge in [0.25, 0.3) is 0 Å². The number of para-hydroxylation sites is 4. The number of aromatic nitrogens is 2. The highest BCUT2D eigenvalue weighted by molar-refractivity contribution is 6.20. The van der Waals surface area contributed by atoms with Crippen LogP contribution in [0.4, 0.5) is 0 Å². The molecule has 0 unspecified atom stereocenters. The van der Waals surface area contributed by atoms with Crippen LogP contribution in [0, 0.1) is 22.7 Å². The van der Waals surface area contributed by atoms with E-state index in [2.05, 4.69) is 137 Å². The van der Waals surface area contributed by atoms with E-state index in [1.165, 1.54) is 0 Å². The molecule has 4 nitrogen and oxygen atoms in total. The second kappa shape index (κ2) is 10.9. The second-order valence-electron chi connectivity index (χ2n) is 11.9. The summed E-state index contributed by atoms with van der Waals surface area (Å²) in [6.45, 7) is 0. The Balaban J connectivity index is 1.43. The maximum Gasteiger partial charge on any atom is 0.0998 e. The second-order valence-corrected chi connectivity index (χ2v) is 11.9. The van der Waals surface area contributed by atoms with E-state index in [9.17, 15) is 10.5 Å². The van der Waals surface area contributed by atoms with Crippen LogP contribution in [0.3, 0.4) is 0 Å². The fourth-order valence-electron chi connectivity index (χ4n) is 7.42. The van der Waals surface area contributed by atoms with Crippen molar-refractivity contribution in [2.24, 2.45) is 0 Å². The molecule has 48 heavy (non-hydrogen) atoms. The van der Waals surface area contributed by atoms with Crippen LogP contribution in [0.2, 0.25) is 0 Å². The lowest BCUT2D eigenvalue weighted by Crippen LogP contribution is -1.96. The summed E-state index contributed by atoms with van der Waals surface area (Å²) in [4.78, 5) is 0. The summed E-state index contributed by atoms with van der Waals surface area (Å²) in [5, 5.41) is 25.2. The maximum absolute atomic E-state index is 10.4. The van der Waals surface area contributed by atoms with Crippen molar-refractivity contribution in [1.82, 2.24) is 9.13 Å². The third-order valence-electron chi connectivity index (χ3n) is 9.41. The van der Waals surface area contributed by atoms with Gasteiger partial charge in [-0.15, -0.1) is 0 Å². The van der Waals surface area contributed by atoms with Gasteiger partial charge in [0.05, 0.1) is 45.3 Å². The minimum atomic E-state index is 0.473. The fraction of sp³-hybridized carbons (Fsp3) is 0. The Morgan fingerprint density at radius 1 is 0.396 bits per heavy atom. The molecule has 4 heteroatoms. The molecule has 2 heterocycles. The SMILES string of the molecule is N#Cc1cccc(C#N)c1-c1c(-c2ccc3c(c2)c2ccccc2n3-c2ccccc2)ccc2c1c1ccccc1n2-c1ccccc1. The van der Waals surface area contributed by atoms with Crippen LogP contribution >= 0.6 is 0 Å². The Morgan fingerprint density at radius 2 is 0.917 bits per heavy atom. The molecule has 0 aliphatic rings. The van der Waals surface area contributed by atoms with Crippen LogP contribution in [0.15, 0.2) is 158 Å². The van der Waals surface area contributed by atoms with E-state index < -0.39 is 0 Å². The molecule has 0 spiro atoms. The molecule has 0 atom stereocenters. The minimum Gasteiger partial charge on any atom is -0.309 e. The summed E-state index contributed by atoms with van der Waals surface area (Å²) >= 11 is 0. The third-order valence-corrected chi connectivity index (χ3v) is 9.41. The summed E-state index contributed by atoms with van der Waals surface area (Å²) in [6.07, 6.45) is 0. The van der Waals surface area contributed by atoms with Crippen molar-refractivity contribution in [3.05, 3.63) is 169 Å². The molecule has 0 aliphatic carbocycles. The first-order valence-electron chi connectivity index (χ1n) is 15.9. The number of nitriles is 2. The van der Waals surface area contributed by atoms with Crippen LogP contribution in [0.5, 0.6) is 0 Å². The van der Waals surface area contributed by atoms with E-state index >= 15 is 0 Å². The molecule has 0 bridgehead atoms. The molecule has 222 valence electrons. The standard InChI is InChI=1S/C44H26N4/c45-27-30-12-11-13-31(28-46)42(30)44-34(23-25-41-43(44)36-19-8-10-21-39(36)48(41)33-16-5-2-6-17-33)29-22-24-40-37(26-29)35-18-7-9-20-38(35)47(40)32-14-3-1-4-15-32/h1-26H. The van der Waals surface area contributed by atoms with Crippen LogP contribution in [0.25, 0.3) is 77.2 Å². The molecule has 0 saturated carbocycles. The zero-order valence-corrected chi connectivity index (χ0v) is 25.8. The van der Waals surface area contributed by atoms with Crippen molar-refractivity contribution in [1.29, 1.82) is 10.5 Å². The van der Waals surface area contributed by atoms with Gasteiger partial charge >= 0.3 is 0 Å². The van der Waals surface area contributed by atoms with Gasteiger partial charge in [-0.2, -0.15) is 10.5 Å². The number of hydrogen-bond donors (Lipinski definition) is 0. The molecule has 0 fully saturated rings. The average molecular weight is 611 g/mol. The van der Waals surface area contributed by atoms with Crippen molar-refractivity contribution < 1.29 is 0 Å². The van der Waals surface area contributed by atoms with Crippen LogP contribution in [0.1, 0.15) is 11.1 Å². The predicted molar refractivity (Wildman–Crippen MR) is 195 cm³/mol. The highest BCUT2D eigenvalue weighted by Gasteiger charge is 2.24. The van der Waals surface area contributed by atoms with E-state index in [1.54, 1.807) is 6.07 Å². The molecule has 0 saturated heterocycles. The zero-order valence-electron chi connectivity index (χ0n) is 25.8. The molecule has 2 aromatic heterocycles. The molecule has 9 aromatic rings. The summed E-state index contributed by atoms with van der Waals surface area (Å²) in [6, 6.07) is 58.9. The molecule has 0 aliphatic heterocycles. The van der Waals surface area contributed by atoms with Crippen LogP contribution in [-0.4, -0.2) is 9.13 Å². The first-order valence-corrected chi connectivity index (χ1v) is 15.9. The van der Waals surface area contributed by atoms with Gasteiger partial charge < -0.3 is 9.13 Å². The summed E-state index contributed by atoms with van der Waals surface area (Å²) < 4.78 is 4.58. The Morgan fingerprint density at radius 3 is 1.56 bits per heavy atom. The quantitative estimate of drug-likeness (QED) is 0.199. The van der Waals surface area contributed by atoms with Gasteiger partial charge in [-0.25, -0.2) is 0 Å². The summed E-state index contributed by atoms with van der Waals surface area (Å²) in [7, 11) is 0. The number of rotatable bonds is 4. The molecule has 0 radical (unpaired) electrons. The normalized spacial score (nSPS) is 11.3. The van der Waals surface area contributed by atoms with Crippen molar-refractivity contribution in [3.63, 3.8) is 0 Å². The molecule has 7 aromatic carbocycles. The monoisotopic (exact) mass is 610 g/mol. The molecule has 0 N–H and O–H groups in total. The maximum atomic E-state index is 10.4. The Labute approximate surface area is 277 Å². The van der Waals surface area contributed by atoms with E-state index in [0.29, 0.717) is 16.7 Å². The summed E-state index contributed by atoms with van der Waals surface area (Å²) in [5.74, 6) is 0. The van der Waals surface area contributed by atoms with E-state index in [4.69, 9.17) is 0 Å². The van der Waals surface area contributed by atoms with E-state index in [-0.39, 0.29) is 0 Å². The number of fused-ring (bicyclic) bond motifs is 6. The van der Waals surface area contributed by atoms with Crippen molar-refractivity contribution in [2.75, 3.05) is 0 Å². The smallest absolute Gasteiger partial charge is 0.0998 e. The highest BCUT2D eigenvalue weighted by atomic mass is 15.0. The van der Waals surface area contributed by atoms with Gasteiger partial charge in [-0.3, -0.25) is 0 Å². The van der Waals surface area contributed by atoms with Crippen molar-refractivity contribution in [2.45, 2.75) is 0 Å². The third kappa shape index (κ3) is 4.01. The lowest BCUT2D eigenvalue weighted by molar-refractivity contribution is 1.18. The fourth-order valence-corrected chi connectivity index (χ4v) is 7.42. The van der Waals surface area contributed by atoms with E-state index in [0.717, 1.165) is 71.7 Å². The number of hydrogen-bond acceptors (Lipinski definition) is 2. The summed E-state index contributed by atoms with van der Waals surface area (Å²) in [5.41, 5.74) is 11.0. The van der Waals surface area contributed by atoms with Gasteiger partial charge in [-0.05, 0) is 77.9 Å². The molecular weight excluding hydrogens is 585 g/mol. The lowest BCUT2D eigenvalue weighted by atomic mass is 9.86. The topological polar surface area (TPSA) is 57.4 Å². The van der Waals surface area contributed by atoms with Gasteiger partial charge in [0.15, 0.2) is 0 Å². The van der Waals surface area contributed by atoms with Gasteiger partial charge in [0.1, 0.15) is 0 Å². The highest BCUT2D eigenvalue weighted by Crippen LogP contribution is 2.46. The number of benzene rings is 7. The average Bonchev–Trinajstić information content (AvgIpc) is 3.67. The Bertz CT molecular complexity index is 2760. The number of nitrogens with zero attached hydrogens (tertiary/aromatic N) is 4. The first kappa shape index (κ1) is 27.4. The van der Waals surface area contributed by atoms with E-state index in [1.807, 2.05) is 36.4 Å². The van der Waals surface area contributed by atoms with Crippen molar-refractivity contribution in [3.8, 4) is 45.8 Å². The van der Waals surface area contributed by atoms with Gasteiger partial charge in [0, 0.05) is 44.0 Å². The lowest BCUT2D eigenvalue weighted by Gasteiger charge is -2.16. The van der Waals surface area contributed by atoms with Crippen LogP contribution in [-0.2, 0) is 0 Å². The largest absolute Gasteiger partial charge is 0.309 e. The van der Waals surface area contributed by atoms with Gasteiger partial charge in [0.2, 0.25) is 0 Å². The van der Waals surface area contributed by atoms with Crippen molar-refractivity contribution >= 4 is 43.6 Å². The predicted octanol–water partition coefficient (Wildman–Crippen LogP) is 11.0.